The predicted octanol–water partition coefficient (Wildman–Crippen LogP) is 25.7. The van der Waals surface area contributed by atoms with Gasteiger partial charge in [0.2, 0.25) is 0 Å². The molecule has 0 saturated carbocycles. The molecule has 4 unspecified atom stereocenters. The zero-order valence-electron chi connectivity index (χ0n) is 68.5. The van der Waals surface area contributed by atoms with Gasteiger partial charge in [-0.15, -0.1) is 0 Å². The SMILES string of the molecule is CCCCCCCCCCCCCCCCCCCCC(=O)OC[C@H](COP(=O)(O)OC[C@@H](O)COP(=O)(O)OC[C@@H](COC(=O)CCCCCCCCCCC(C)CC)OC(=O)CCCCCCCCCCCC(C)C)OC(=O)CCCCCCCCCCCCCCCCCCCCC(C)CC. The number of aliphatic hydroxyl groups is 1. The summed E-state index contributed by atoms with van der Waals surface area (Å²) in [5, 5.41) is 10.7. The van der Waals surface area contributed by atoms with Crippen LogP contribution in [0, 0.1) is 17.8 Å². The molecular weight excluding hydrogens is 1350 g/mol. The highest BCUT2D eigenvalue weighted by atomic mass is 31.2. The van der Waals surface area contributed by atoms with E-state index in [-0.39, 0.29) is 25.7 Å². The lowest BCUT2D eigenvalue weighted by Gasteiger charge is -2.21. The van der Waals surface area contributed by atoms with Crippen molar-refractivity contribution in [1.82, 2.24) is 0 Å². The average Bonchev–Trinajstić information content (AvgIpc) is 0.908. The maximum atomic E-state index is 13.1. The third-order valence-electron chi connectivity index (χ3n) is 20.6. The van der Waals surface area contributed by atoms with E-state index in [1.165, 1.54) is 257 Å². The van der Waals surface area contributed by atoms with Crippen LogP contribution in [-0.4, -0.2) is 96.7 Å². The monoisotopic (exact) mass is 1520 g/mol. The number of carbonyl (C=O) groups excluding carboxylic acids is 4. The number of phosphoric ester groups is 2. The minimum absolute atomic E-state index is 0.105. The number of rotatable bonds is 83. The molecule has 104 heavy (non-hydrogen) atoms. The van der Waals surface area contributed by atoms with E-state index < -0.39 is 97.5 Å². The Balaban J connectivity index is 5.23. The summed E-state index contributed by atoms with van der Waals surface area (Å²) in [7, 11) is -9.93. The first-order valence-corrected chi connectivity index (χ1v) is 46.9. The van der Waals surface area contributed by atoms with Crippen LogP contribution in [0.25, 0.3) is 0 Å². The molecular formula is C85H166O17P2. The molecule has 0 spiro atoms. The van der Waals surface area contributed by atoms with Crippen molar-refractivity contribution in [2.24, 2.45) is 17.8 Å². The highest BCUT2D eigenvalue weighted by molar-refractivity contribution is 7.47. The largest absolute Gasteiger partial charge is 0.472 e. The van der Waals surface area contributed by atoms with Crippen molar-refractivity contribution in [3.8, 4) is 0 Å². The normalized spacial score (nSPS) is 14.4. The summed E-state index contributed by atoms with van der Waals surface area (Å²) in [6.07, 6.45) is 65.2. The lowest BCUT2D eigenvalue weighted by molar-refractivity contribution is -0.161. The van der Waals surface area contributed by atoms with Gasteiger partial charge < -0.3 is 33.8 Å². The van der Waals surface area contributed by atoms with Crippen LogP contribution in [0.1, 0.15) is 447 Å². The number of carbonyl (C=O) groups is 4. The van der Waals surface area contributed by atoms with Gasteiger partial charge in [0, 0.05) is 25.7 Å². The minimum atomic E-state index is -4.97. The Morgan fingerprint density at radius 3 is 0.731 bits per heavy atom. The summed E-state index contributed by atoms with van der Waals surface area (Å²) in [6, 6.07) is 0. The van der Waals surface area contributed by atoms with Crippen LogP contribution in [0.2, 0.25) is 0 Å². The van der Waals surface area contributed by atoms with Crippen molar-refractivity contribution in [3.05, 3.63) is 0 Å². The predicted molar refractivity (Wildman–Crippen MR) is 428 cm³/mol. The van der Waals surface area contributed by atoms with E-state index in [1.54, 1.807) is 0 Å². The topological polar surface area (TPSA) is 237 Å². The highest BCUT2D eigenvalue weighted by Gasteiger charge is 2.30. The molecule has 0 aromatic heterocycles. The fourth-order valence-corrected chi connectivity index (χ4v) is 14.7. The van der Waals surface area contributed by atoms with E-state index in [4.69, 9.17) is 37.0 Å². The van der Waals surface area contributed by atoms with Crippen molar-refractivity contribution in [1.29, 1.82) is 0 Å². The highest BCUT2D eigenvalue weighted by Crippen LogP contribution is 2.45. The van der Waals surface area contributed by atoms with Gasteiger partial charge in [0.15, 0.2) is 12.2 Å². The fraction of sp³-hybridized carbons (Fsp3) is 0.953. The summed E-state index contributed by atoms with van der Waals surface area (Å²) in [5.41, 5.74) is 0. The van der Waals surface area contributed by atoms with Gasteiger partial charge in [0.25, 0.3) is 0 Å². The molecule has 0 aliphatic heterocycles. The molecule has 0 aromatic rings. The third kappa shape index (κ3) is 75.5. The first-order chi connectivity index (χ1) is 50.3. The molecule has 3 N–H and O–H groups in total. The molecule has 17 nitrogen and oxygen atoms in total. The maximum Gasteiger partial charge on any atom is 0.472 e. The Bertz CT molecular complexity index is 2010. The number of aliphatic hydroxyl groups excluding tert-OH is 1. The summed E-state index contributed by atoms with van der Waals surface area (Å²) in [5.74, 6) is 0.277. The maximum absolute atomic E-state index is 13.1. The van der Waals surface area contributed by atoms with Crippen LogP contribution in [0.15, 0.2) is 0 Å². The van der Waals surface area contributed by atoms with Crippen LogP contribution >= 0.6 is 15.6 Å². The molecule has 0 aliphatic rings. The van der Waals surface area contributed by atoms with E-state index >= 15 is 0 Å². The first kappa shape index (κ1) is 102. The third-order valence-corrected chi connectivity index (χ3v) is 22.5. The van der Waals surface area contributed by atoms with Gasteiger partial charge in [-0.25, -0.2) is 9.13 Å². The van der Waals surface area contributed by atoms with Crippen LogP contribution in [-0.2, 0) is 65.4 Å². The minimum Gasteiger partial charge on any atom is -0.462 e. The molecule has 0 heterocycles. The molecule has 0 fully saturated rings. The zero-order chi connectivity index (χ0) is 76.5. The second-order valence-electron chi connectivity index (χ2n) is 31.5. The summed E-state index contributed by atoms with van der Waals surface area (Å²) in [6.45, 7) is 12.0. The van der Waals surface area contributed by atoms with Crippen LogP contribution in [0.5, 0.6) is 0 Å². The van der Waals surface area contributed by atoms with Gasteiger partial charge in [0.05, 0.1) is 26.4 Å². The van der Waals surface area contributed by atoms with Gasteiger partial charge >= 0.3 is 39.5 Å². The van der Waals surface area contributed by atoms with Gasteiger partial charge in [0.1, 0.15) is 19.3 Å². The summed E-state index contributed by atoms with van der Waals surface area (Å²) >= 11 is 0. The van der Waals surface area contributed by atoms with E-state index in [0.29, 0.717) is 25.7 Å². The number of hydrogen-bond donors (Lipinski definition) is 3. The first-order valence-electron chi connectivity index (χ1n) is 43.9. The average molecular weight is 1520 g/mol. The molecule has 0 radical (unpaired) electrons. The van der Waals surface area contributed by atoms with Crippen molar-refractivity contribution < 1.29 is 80.2 Å². The van der Waals surface area contributed by atoms with E-state index in [0.717, 1.165) is 108 Å². The zero-order valence-corrected chi connectivity index (χ0v) is 70.3. The van der Waals surface area contributed by atoms with Crippen LogP contribution in [0.4, 0.5) is 0 Å². The summed E-state index contributed by atoms with van der Waals surface area (Å²) in [4.78, 5) is 73.2. The number of esters is 4. The molecule has 7 atom stereocenters. The van der Waals surface area contributed by atoms with Gasteiger partial charge in [-0.1, -0.05) is 395 Å². The Morgan fingerprint density at radius 2 is 0.490 bits per heavy atom. The molecule has 0 amide bonds. The second-order valence-corrected chi connectivity index (χ2v) is 34.4. The van der Waals surface area contributed by atoms with Crippen molar-refractivity contribution in [3.63, 3.8) is 0 Å². The smallest absolute Gasteiger partial charge is 0.462 e. The number of unbranched alkanes of at least 4 members (excludes halogenated alkanes) is 49. The van der Waals surface area contributed by atoms with Crippen molar-refractivity contribution >= 4 is 39.5 Å². The van der Waals surface area contributed by atoms with E-state index in [1.807, 2.05) is 0 Å². The standard InChI is InChI=1S/C85H166O17P2/c1-8-11-12-13-14-15-16-17-18-19-23-26-29-32-37-45-52-59-66-82(87)95-72-80(101-84(89)68-61-54-47-38-33-30-27-24-21-20-22-25-28-31-36-43-50-57-64-77(6)9-2)74-99-103(91,92)97-70-79(86)71-98-104(93,94)100-75-81(102-85(90)69-62-55-48-39-34-35-42-49-56-63-76(4)5)73-96-83(88)67-60-53-46-41-40-44-51-58-65-78(7)10-3/h76-81,86H,8-75H2,1-7H3,(H,91,92)(H,93,94)/t77?,78?,79-,80-,81-/m1/s1. The van der Waals surface area contributed by atoms with Gasteiger partial charge in [-0.3, -0.25) is 37.3 Å². The fourth-order valence-electron chi connectivity index (χ4n) is 13.1. The Labute approximate surface area is 638 Å². The van der Waals surface area contributed by atoms with Gasteiger partial charge in [-0.2, -0.15) is 0 Å². The van der Waals surface area contributed by atoms with Crippen molar-refractivity contribution in [2.75, 3.05) is 39.6 Å². The molecule has 0 saturated heterocycles. The van der Waals surface area contributed by atoms with E-state index in [2.05, 4.69) is 48.5 Å². The Morgan fingerprint density at radius 1 is 0.279 bits per heavy atom. The quantitative estimate of drug-likeness (QED) is 0.0222. The molecule has 0 bridgehead atoms. The number of hydrogen-bond acceptors (Lipinski definition) is 15. The lowest BCUT2D eigenvalue weighted by atomic mass is 9.99. The molecule has 0 rings (SSSR count). The Hall–Kier alpha value is -1.94. The van der Waals surface area contributed by atoms with Crippen molar-refractivity contribution in [2.45, 2.75) is 465 Å². The number of ether oxygens (including phenoxy) is 4. The Kier molecular flexibility index (Phi) is 73.7. The molecule has 0 aromatic carbocycles. The van der Waals surface area contributed by atoms with Gasteiger partial charge in [-0.05, 0) is 43.4 Å². The van der Waals surface area contributed by atoms with Crippen LogP contribution < -0.4 is 0 Å². The van der Waals surface area contributed by atoms with Crippen LogP contribution in [0.3, 0.4) is 0 Å². The van der Waals surface area contributed by atoms with E-state index in [9.17, 15) is 43.2 Å². The molecule has 19 heteroatoms. The number of phosphoric acid groups is 2. The molecule has 0 aliphatic carbocycles. The summed E-state index contributed by atoms with van der Waals surface area (Å²) < 4.78 is 68.8. The second kappa shape index (κ2) is 75.1. The molecule has 618 valence electrons. The lowest BCUT2D eigenvalue weighted by Crippen LogP contribution is -2.30.